The van der Waals surface area contributed by atoms with Gasteiger partial charge in [-0.1, -0.05) is 6.92 Å². The molecule has 0 amide bonds. The molecule has 1 aliphatic rings. The fraction of sp³-hybridized carbons (Fsp3) is 0.333. The Kier molecular flexibility index (Phi) is 1.46. The maximum Gasteiger partial charge on any atom is 0.231 e. The smallest absolute Gasteiger partial charge is 0.231 e. The first kappa shape index (κ1) is 6.53. The third kappa shape index (κ3) is 1.04. The summed E-state index contributed by atoms with van der Waals surface area (Å²) in [5.41, 5.74) is 1.16. The van der Waals surface area contributed by atoms with Crippen LogP contribution in [0, 0.1) is 6.07 Å². The van der Waals surface area contributed by atoms with Crippen molar-refractivity contribution in [1.82, 2.24) is 0 Å². The van der Waals surface area contributed by atoms with E-state index in [0.717, 1.165) is 23.5 Å². The highest BCUT2D eigenvalue weighted by Crippen LogP contribution is 2.32. The predicted octanol–water partition coefficient (Wildman–Crippen LogP) is 1.78. The average Bonchev–Trinajstić information content (AvgIpc) is 2.50. The second-order valence-corrected chi connectivity index (χ2v) is 2.45. The lowest BCUT2D eigenvalue weighted by atomic mass is 10.1. The lowest BCUT2D eigenvalue weighted by Gasteiger charge is -1.97. The van der Waals surface area contributed by atoms with E-state index in [4.69, 9.17) is 9.47 Å². The molecule has 1 heterocycles. The molecular weight excluding hydrogens is 140 g/mol. The molecule has 0 aliphatic carbocycles. The molecule has 0 fully saturated rings. The quantitative estimate of drug-likeness (QED) is 0.606. The monoisotopic (exact) mass is 149 g/mol. The van der Waals surface area contributed by atoms with Crippen LogP contribution in [0.5, 0.6) is 11.5 Å². The fourth-order valence-electron chi connectivity index (χ4n) is 1.09. The van der Waals surface area contributed by atoms with Crippen LogP contribution in [-0.2, 0) is 6.42 Å². The summed E-state index contributed by atoms with van der Waals surface area (Å²) in [7, 11) is 0. The van der Waals surface area contributed by atoms with Gasteiger partial charge in [-0.25, -0.2) is 0 Å². The predicted molar refractivity (Wildman–Crippen MR) is 40.8 cm³/mol. The normalized spacial score (nSPS) is 13.5. The Morgan fingerprint density at radius 1 is 1.45 bits per heavy atom. The molecule has 0 saturated carbocycles. The maximum atomic E-state index is 5.20. The van der Waals surface area contributed by atoms with Crippen LogP contribution in [0.2, 0.25) is 0 Å². The number of fused-ring (bicyclic) bond motifs is 1. The van der Waals surface area contributed by atoms with Gasteiger partial charge in [0.25, 0.3) is 0 Å². The summed E-state index contributed by atoms with van der Waals surface area (Å²) in [6.45, 7) is 2.43. The molecule has 1 radical (unpaired) electrons. The van der Waals surface area contributed by atoms with Crippen LogP contribution in [0.15, 0.2) is 12.1 Å². The molecule has 0 atom stereocenters. The first-order valence-electron chi connectivity index (χ1n) is 3.70. The van der Waals surface area contributed by atoms with E-state index < -0.39 is 0 Å². The minimum Gasteiger partial charge on any atom is -0.454 e. The van der Waals surface area contributed by atoms with Crippen LogP contribution in [-0.4, -0.2) is 6.79 Å². The van der Waals surface area contributed by atoms with Crippen LogP contribution >= 0.6 is 0 Å². The molecule has 57 valence electrons. The van der Waals surface area contributed by atoms with Gasteiger partial charge in [0.1, 0.15) is 0 Å². The summed E-state index contributed by atoms with van der Waals surface area (Å²) in [6, 6.07) is 6.92. The molecule has 0 spiro atoms. The van der Waals surface area contributed by atoms with Crippen molar-refractivity contribution in [2.24, 2.45) is 0 Å². The fourth-order valence-corrected chi connectivity index (χ4v) is 1.09. The molecule has 2 rings (SSSR count). The molecule has 11 heavy (non-hydrogen) atoms. The second kappa shape index (κ2) is 2.46. The molecule has 0 N–H and O–H groups in total. The lowest BCUT2D eigenvalue weighted by molar-refractivity contribution is 0.174. The van der Waals surface area contributed by atoms with Gasteiger partial charge in [-0.05, 0) is 30.2 Å². The average molecular weight is 149 g/mol. The number of benzene rings is 1. The molecule has 2 nitrogen and oxygen atoms in total. The number of aryl methyl sites for hydroxylation is 1. The van der Waals surface area contributed by atoms with E-state index in [9.17, 15) is 0 Å². The highest BCUT2D eigenvalue weighted by molar-refractivity contribution is 5.43. The second-order valence-electron chi connectivity index (χ2n) is 2.45. The van der Waals surface area contributed by atoms with Crippen molar-refractivity contribution in [3.05, 3.63) is 23.8 Å². The third-order valence-corrected chi connectivity index (χ3v) is 1.75. The molecule has 0 aromatic heterocycles. The Hall–Kier alpha value is -1.18. The lowest BCUT2D eigenvalue weighted by Crippen LogP contribution is -1.92. The minimum absolute atomic E-state index is 0.344. The summed E-state index contributed by atoms with van der Waals surface area (Å²) in [5.74, 6) is 1.66. The van der Waals surface area contributed by atoms with Crippen LogP contribution in [0.3, 0.4) is 0 Å². The Bertz CT molecular complexity index is 268. The summed E-state index contributed by atoms with van der Waals surface area (Å²) >= 11 is 0. The van der Waals surface area contributed by atoms with E-state index in [0.29, 0.717) is 6.79 Å². The molecule has 1 aromatic rings. The standard InChI is InChI=1S/C9H9O2/c1-2-7-3-4-8-9(5-7)11-6-10-8/h4-5H,2,6H2,1H3. The van der Waals surface area contributed by atoms with Gasteiger partial charge < -0.3 is 9.47 Å². The van der Waals surface area contributed by atoms with E-state index in [1.54, 1.807) is 0 Å². The molecule has 1 aliphatic heterocycles. The SMILES string of the molecule is CCc1[c]cc2c(c1)OCO2. The summed E-state index contributed by atoms with van der Waals surface area (Å²) in [4.78, 5) is 0. The molecule has 0 unspecified atom stereocenters. The zero-order valence-electron chi connectivity index (χ0n) is 6.39. The van der Waals surface area contributed by atoms with E-state index in [2.05, 4.69) is 13.0 Å². The van der Waals surface area contributed by atoms with Crippen LogP contribution in [0.1, 0.15) is 12.5 Å². The van der Waals surface area contributed by atoms with E-state index in [-0.39, 0.29) is 0 Å². The van der Waals surface area contributed by atoms with Gasteiger partial charge >= 0.3 is 0 Å². The first-order valence-corrected chi connectivity index (χ1v) is 3.70. The van der Waals surface area contributed by atoms with Gasteiger partial charge in [-0.3, -0.25) is 0 Å². The Morgan fingerprint density at radius 3 is 3.09 bits per heavy atom. The number of hydrogen-bond acceptors (Lipinski definition) is 2. The van der Waals surface area contributed by atoms with Crippen LogP contribution in [0.4, 0.5) is 0 Å². The topological polar surface area (TPSA) is 18.5 Å². The Balaban J connectivity index is 2.41. The van der Waals surface area contributed by atoms with Gasteiger partial charge in [-0.2, -0.15) is 0 Å². The van der Waals surface area contributed by atoms with E-state index >= 15 is 0 Å². The van der Waals surface area contributed by atoms with Gasteiger partial charge in [0, 0.05) is 0 Å². The molecule has 0 saturated heterocycles. The molecule has 1 aromatic carbocycles. The summed E-state index contributed by atoms with van der Waals surface area (Å²) in [5, 5.41) is 0. The van der Waals surface area contributed by atoms with Crippen molar-refractivity contribution in [2.45, 2.75) is 13.3 Å². The first-order chi connectivity index (χ1) is 5.40. The zero-order chi connectivity index (χ0) is 7.68. The van der Waals surface area contributed by atoms with Crippen molar-refractivity contribution in [2.75, 3.05) is 6.79 Å². The van der Waals surface area contributed by atoms with Gasteiger partial charge in [-0.15, -0.1) is 0 Å². The van der Waals surface area contributed by atoms with Gasteiger partial charge in [0.05, 0.1) is 0 Å². The van der Waals surface area contributed by atoms with Gasteiger partial charge in [0.15, 0.2) is 11.5 Å². The largest absolute Gasteiger partial charge is 0.454 e. The van der Waals surface area contributed by atoms with Crippen molar-refractivity contribution in [3.63, 3.8) is 0 Å². The number of hydrogen-bond donors (Lipinski definition) is 0. The Morgan fingerprint density at radius 2 is 2.27 bits per heavy atom. The third-order valence-electron chi connectivity index (χ3n) is 1.75. The van der Waals surface area contributed by atoms with E-state index in [1.807, 2.05) is 12.1 Å². The van der Waals surface area contributed by atoms with Crippen molar-refractivity contribution >= 4 is 0 Å². The molecular formula is C9H9O2. The molecule has 2 heteroatoms. The maximum absolute atomic E-state index is 5.20. The van der Waals surface area contributed by atoms with Crippen LogP contribution < -0.4 is 9.47 Å². The van der Waals surface area contributed by atoms with Gasteiger partial charge in [0.2, 0.25) is 6.79 Å². The van der Waals surface area contributed by atoms with Crippen molar-refractivity contribution in [1.29, 1.82) is 0 Å². The number of ether oxygens (including phenoxy) is 2. The van der Waals surface area contributed by atoms with Crippen molar-refractivity contribution < 1.29 is 9.47 Å². The Labute approximate surface area is 65.7 Å². The van der Waals surface area contributed by atoms with Crippen molar-refractivity contribution in [3.8, 4) is 11.5 Å². The summed E-state index contributed by atoms with van der Waals surface area (Å²) in [6.07, 6.45) is 0.983. The highest BCUT2D eigenvalue weighted by Gasteiger charge is 2.12. The zero-order valence-corrected chi connectivity index (χ0v) is 6.39. The summed E-state index contributed by atoms with van der Waals surface area (Å²) < 4.78 is 10.3. The van der Waals surface area contributed by atoms with E-state index in [1.165, 1.54) is 0 Å². The van der Waals surface area contributed by atoms with Crippen LogP contribution in [0.25, 0.3) is 0 Å². The minimum atomic E-state index is 0.344. The molecule has 0 bridgehead atoms. The number of rotatable bonds is 1. The highest BCUT2D eigenvalue weighted by atomic mass is 16.7.